The number of aromatic nitrogens is 1. The summed E-state index contributed by atoms with van der Waals surface area (Å²) >= 11 is 7.34. The van der Waals surface area contributed by atoms with E-state index < -0.39 is 0 Å². The SMILES string of the molecule is Cc1c(CCl)sc2cc[nH]c(=O)c12. The highest BCUT2D eigenvalue weighted by Crippen LogP contribution is 2.28. The van der Waals surface area contributed by atoms with Gasteiger partial charge in [-0.15, -0.1) is 22.9 Å². The Labute approximate surface area is 84.2 Å². The molecule has 0 unspecified atom stereocenters. The summed E-state index contributed by atoms with van der Waals surface area (Å²) in [6, 6.07) is 1.91. The number of rotatable bonds is 1. The van der Waals surface area contributed by atoms with Gasteiger partial charge >= 0.3 is 0 Å². The summed E-state index contributed by atoms with van der Waals surface area (Å²) in [5.41, 5.74) is 0.986. The molecule has 2 aromatic rings. The van der Waals surface area contributed by atoms with E-state index in [9.17, 15) is 4.79 Å². The normalized spacial score (nSPS) is 10.9. The molecule has 13 heavy (non-hydrogen) atoms. The molecule has 0 aliphatic rings. The van der Waals surface area contributed by atoms with Crippen molar-refractivity contribution in [3.05, 3.63) is 33.1 Å². The lowest BCUT2D eigenvalue weighted by molar-refractivity contribution is 1.27. The smallest absolute Gasteiger partial charge is 0.256 e. The Kier molecular flexibility index (Phi) is 2.14. The van der Waals surface area contributed by atoms with Gasteiger partial charge in [0, 0.05) is 15.8 Å². The number of thiophene rings is 1. The molecule has 0 spiro atoms. The van der Waals surface area contributed by atoms with Crippen LogP contribution in [0.5, 0.6) is 0 Å². The highest BCUT2D eigenvalue weighted by atomic mass is 35.5. The van der Waals surface area contributed by atoms with Crippen LogP contribution in [0.15, 0.2) is 17.1 Å². The van der Waals surface area contributed by atoms with Gasteiger partial charge in [0.15, 0.2) is 0 Å². The molecule has 0 aliphatic heterocycles. The first kappa shape index (κ1) is 8.78. The maximum absolute atomic E-state index is 11.4. The lowest BCUT2D eigenvalue weighted by atomic mass is 10.2. The molecule has 2 heterocycles. The van der Waals surface area contributed by atoms with Crippen molar-refractivity contribution in [3.8, 4) is 0 Å². The number of halogens is 1. The van der Waals surface area contributed by atoms with Crippen molar-refractivity contribution < 1.29 is 0 Å². The molecule has 1 N–H and O–H groups in total. The summed E-state index contributed by atoms with van der Waals surface area (Å²) in [6.45, 7) is 1.94. The summed E-state index contributed by atoms with van der Waals surface area (Å²) in [4.78, 5) is 15.2. The van der Waals surface area contributed by atoms with E-state index in [-0.39, 0.29) is 5.56 Å². The monoisotopic (exact) mass is 213 g/mol. The fourth-order valence-corrected chi connectivity index (χ4v) is 2.80. The quantitative estimate of drug-likeness (QED) is 0.726. The summed E-state index contributed by atoms with van der Waals surface area (Å²) in [7, 11) is 0. The molecule has 68 valence electrons. The predicted molar refractivity (Wildman–Crippen MR) is 56.7 cm³/mol. The predicted octanol–water partition coefficient (Wildman–Crippen LogP) is 2.64. The van der Waals surface area contributed by atoms with Crippen LogP contribution in [0.25, 0.3) is 10.1 Å². The van der Waals surface area contributed by atoms with E-state index in [0.29, 0.717) is 5.88 Å². The van der Waals surface area contributed by atoms with E-state index in [1.807, 2.05) is 13.0 Å². The first-order chi connectivity index (χ1) is 6.24. The Morgan fingerprint density at radius 2 is 2.38 bits per heavy atom. The molecule has 4 heteroatoms. The lowest BCUT2D eigenvalue weighted by Gasteiger charge is -1.90. The van der Waals surface area contributed by atoms with Crippen LogP contribution in [0, 0.1) is 6.92 Å². The van der Waals surface area contributed by atoms with E-state index in [4.69, 9.17) is 11.6 Å². The minimum absolute atomic E-state index is 0.0254. The van der Waals surface area contributed by atoms with Gasteiger partial charge in [0.2, 0.25) is 0 Å². The molecule has 2 nitrogen and oxygen atoms in total. The third-order valence-electron chi connectivity index (χ3n) is 2.07. The molecule has 0 aromatic carbocycles. The van der Waals surface area contributed by atoms with Crippen LogP contribution in [-0.2, 0) is 5.88 Å². The second-order valence-electron chi connectivity index (χ2n) is 2.83. The first-order valence-electron chi connectivity index (χ1n) is 3.89. The molecule has 0 radical (unpaired) electrons. The Balaban J connectivity index is 2.93. The van der Waals surface area contributed by atoms with E-state index in [0.717, 1.165) is 20.5 Å². The van der Waals surface area contributed by atoms with E-state index in [2.05, 4.69) is 4.98 Å². The standard InChI is InChI=1S/C9H8ClNOS/c1-5-7(4-10)13-6-2-3-11-9(12)8(5)6/h2-3H,4H2,1H3,(H,11,12). The van der Waals surface area contributed by atoms with Crippen molar-refractivity contribution in [1.29, 1.82) is 0 Å². The zero-order valence-corrected chi connectivity index (χ0v) is 8.63. The number of H-pyrrole nitrogens is 1. The number of pyridine rings is 1. The van der Waals surface area contributed by atoms with Gasteiger partial charge in [-0.25, -0.2) is 0 Å². The molecule has 0 fully saturated rings. The van der Waals surface area contributed by atoms with E-state index >= 15 is 0 Å². The average molecular weight is 214 g/mol. The lowest BCUT2D eigenvalue weighted by Crippen LogP contribution is -2.03. The number of hydrogen-bond acceptors (Lipinski definition) is 2. The second-order valence-corrected chi connectivity index (χ2v) is 4.23. The fraction of sp³-hybridized carbons (Fsp3) is 0.222. The molecule has 0 saturated heterocycles. The van der Waals surface area contributed by atoms with Crippen LogP contribution < -0.4 is 5.56 Å². The zero-order chi connectivity index (χ0) is 9.42. The van der Waals surface area contributed by atoms with Gasteiger partial charge in [0.05, 0.1) is 11.3 Å². The number of fused-ring (bicyclic) bond motifs is 1. The second kappa shape index (κ2) is 3.16. The third kappa shape index (κ3) is 1.28. The van der Waals surface area contributed by atoms with Crippen molar-refractivity contribution in [2.24, 2.45) is 0 Å². The molecule has 0 saturated carbocycles. The van der Waals surface area contributed by atoms with Crippen LogP contribution in [0.4, 0.5) is 0 Å². The van der Waals surface area contributed by atoms with Gasteiger partial charge in [0.25, 0.3) is 5.56 Å². The summed E-state index contributed by atoms with van der Waals surface area (Å²) < 4.78 is 1.01. The molecule has 0 aliphatic carbocycles. The molecule has 0 bridgehead atoms. The maximum atomic E-state index is 11.4. The largest absolute Gasteiger partial charge is 0.328 e. The van der Waals surface area contributed by atoms with E-state index in [1.165, 1.54) is 0 Å². The molecule has 2 rings (SSSR count). The van der Waals surface area contributed by atoms with Crippen molar-refractivity contribution in [2.75, 3.05) is 0 Å². The summed E-state index contributed by atoms with van der Waals surface area (Å²) in [5, 5.41) is 0.781. The summed E-state index contributed by atoms with van der Waals surface area (Å²) in [5.74, 6) is 0.477. The minimum Gasteiger partial charge on any atom is -0.328 e. The molecule has 0 amide bonds. The summed E-state index contributed by atoms with van der Waals surface area (Å²) in [6.07, 6.45) is 1.67. The zero-order valence-electron chi connectivity index (χ0n) is 7.06. The van der Waals surface area contributed by atoms with E-state index in [1.54, 1.807) is 17.5 Å². The average Bonchev–Trinajstić information content (AvgIpc) is 2.44. The third-order valence-corrected chi connectivity index (χ3v) is 3.75. The van der Waals surface area contributed by atoms with Crippen molar-refractivity contribution in [1.82, 2.24) is 4.98 Å². The highest BCUT2D eigenvalue weighted by Gasteiger charge is 2.09. The maximum Gasteiger partial charge on any atom is 0.256 e. The minimum atomic E-state index is -0.0254. The van der Waals surface area contributed by atoms with Gasteiger partial charge in [-0.05, 0) is 18.6 Å². The van der Waals surface area contributed by atoms with Crippen molar-refractivity contribution >= 4 is 33.0 Å². The molecule has 0 atom stereocenters. The number of nitrogens with one attached hydrogen (secondary N) is 1. The van der Waals surface area contributed by atoms with Crippen LogP contribution >= 0.6 is 22.9 Å². The highest BCUT2D eigenvalue weighted by molar-refractivity contribution is 7.19. The fourth-order valence-electron chi connectivity index (χ4n) is 1.38. The van der Waals surface area contributed by atoms with Crippen molar-refractivity contribution in [2.45, 2.75) is 12.8 Å². The van der Waals surface area contributed by atoms with Gasteiger partial charge in [-0.2, -0.15) is 0 Å². The number of aromatic amines is 1. The Bertz CT molecular complexity index is 500. The Morgan fingerprint density at radius 3 is 3.00 bits per heavy atom. The van der Waals surface area contributed by atoms with Gasteiger partial charge < -0.3 is 4.98 Å². The molecular formula is C9H8ClNOS. The number of alkyl halides is 1. The first-order valence-corrected chi connectivity index (χ1v) is 5.24. The Morgan fingerprint density at radius 1 is 1.62 bits per heavy atom. The van der Waals surface area contributed by atoms with Crippen LogP contribution in [0.1, 0.15) is 10.4 Å². The number of hydrogen-bond donors (Lipinski definition) is 1. The van der Waals surface area contributed by atoms with Gasteiger partial charge in [-0.3, -0.25) is 4.79 Å². The Hall–Kier alpha value is -0.800. The van der Waals surface area contributed by atoms with Crippen LogP contribution in [0.3, 0.4) is 0 Å². The molecular weight excluding hydrogens is 206 g/mol. The topological polar surface area (TPSA) is 32.9 Å². The molecule has 2 aromatic heterocycles. The van der Waals surface area contributed by atoms with Crippen LogP contribution in [-0.4, -0.2) is 4.98 Å². The van der Waals surface area contributed by atoms with Gasteiger partial charge in [-0.1, -0.05) is 0 Å². The number of aryl methyl sites for hydroxylation is 1. The van der Waals surface area contributed by atoms with Crippen LogP contribution in [0.2, 0.25) is 0 Å². The van der Waals surface area contributed by atoms with Gasteiger partial charge in [0.1, 0.15) is 0 Å². The van der Waals surface area contributed by atoms with Crippen molar-refractivity contribution in [3.63, 3.8) is 0 Å².